The van der Waals surface area contributed by atoms with Gasteiger partial charge in [0.1, 0.15) is 0 Å². The zero-order valence-corrected chi connectivity index (χ0v) is 11.3. The van der Waals surface area contributed by atoms with Crippen LogP contribution >= 0.6 is 0 Å². The fourth-order valence-corrected chi connectivity index (χ4v) is 2.49. The maximum Gasteiger partial charge on any atom is 0.0564 e. The molecule has 0 aliphatic rings. The minimum absolute atomic E-state index is 1.09. The van der Waals surface area contributed by atoms with Crippen molar-refractivity contribution in [2.75, 3.05) is 0 Å². The van der Waals surface area contributed by atoms with E-state index in [4.69, 9.17) is 0 Å². The van der Waals surface area contributed by atoms with Gasteiger partial charge in [-0.3, -0.25) is 0 Å². The van der Waals surface area contributed by atoms with Gasteiger partial charge < -0.3 is 4.57 Å². The van der Waals surface area contributed by atoms with Crippen LogP contribution in [-0.4, -0.2) is 4.57 Å². The third kappa shape index (κ3) is 1.72. The summed E-state index contributed by atoms with van der Waals surface area (Å²) in [5, 5.41) is 1.26. The number of rotatable bonds is 3. The number of hydrogen-bond donors (Lipinski definition) is 0. The second kappa shape index (κ2) is 4.69. The summed E-state index contributed by atoms with van der Waals surface area (Å²) in [6.45, 7) is 12.1. The van der Waals surface area contributed by atoms with Gasteiger partial charge in [0.15, 0.2) is 0 Å². The highest BCUT2D eigenvalue weighted by molar-refractivity contribution is 5.99. The Bertz CT molecular complexity index is 654. The summed E-state index contributed by atoms with van der Waals surface area (Å²) in [6.07, 6.45) is 6.12. The third-order valence-electron chi connectivity index (χ3n) is 3.29. The lowest BCUT2D eigenvalue weighted by Crippen LogP contribution is -1.93. The molecule has 2 aromatic rings. The normalized spacial score (nSPS) is 11.3. The minimum atomic E-state index is 1.09. The molecule has 1 aromatic carbocycles. The van der Waals surface area contributed by atoms with Crippen LogP contribution < -0.4 is 0 Å². The van der Waals surface area contributed by atoms with E-state index in [1.807, 2.05) is 19.9 Å². The number of para-hydroxylation sites is 1. The van der Waals surface area contributed by atoms with Crippen molar-refractivity contribution in [3.63, 3.8) is 0 Å². The topological polar surface area (TPSA) is 4.93 Å². The Morgan fingerprint density at radius 3 is 2.61 bits per heavy atom. The highest BCUT2D eigenvalue weighted by Gasteiger charge is 2.13. The fraction of sp³-hybridized carbons (Fsp3) is 0.176. The van der Waals surface area contributed by atoms with Crippen LogP contribution in [0.5, 0.6) is 0 Å². The predicted octanol–water partition coefficient (Wildman–Crippen LogP) is 4.89. The molecule has 0 saturated carbocycles. The highest BCUT2D eigenvalue weighted by atomic mass is 14.9. The van der Waals surface area contributed by atoms with Gasteiger partial charge in [-0.05, 0) is 25.5 Å². The van der Waals surface area contributed by atoms with Crippen molar-refractivity contribution in [1.29, 1.82) is 0 Å². The summed E-state index contributed by atoms with van der Waals surface area (Å²) in [7, 11) is 2.08. The van der Waals surface area contributed by atoms with Gasteiger partial charge in [0.05, 0.1) is 5.52 Å². The molecule has 18 heavy (non-hydrogen) atoms. The smallest absolute Gasteiger partial charge is 0.0564 e. The first-order valence-electron chi connectivity index (χ1n) is 6.14. The van der Waals surface area contributed by atoms with Gasteiger partial charge in [-0.1, -0.05) is 43.5 Å². The molecule has 0 bridgehead atoms. The Balaban J connectivity index is 2.98. The van der Waals surface area contributed by atoms with Crippen molar-refractivity contribution >= 4 is 28.6 Å². The van der Waals surface area contributed by atoms with E-state index >= 15 is 0 Å². The van der Waals surface area contributed by atoms with Crippen LogP contribution in [-0.2, 0) is 7.05 Å². The van der Waals surface area contributed by atoms with Gasteiger partial charge in [0, 0.05) is 29.3 Å². The standard InChI is InChI=1S/C17H19N/c1-6-9-14-15-11-8-10-13(12(3)4)17(15)18(5)16(14)7-2/h6-11H,2-3H2,1,4-5H3/b9-6-. The molecule has 1 heteroatoms. The molecule has 0 fully saturated rings. The average Bonchev–Trinajstić information content (AvgIpc) is 2.63. The largest absolute Gasteiger partial charge is 0.343 e. The Kier molecular flexibility index (Phi) is 3.24. The van der Waals surface area contributed by atoms with Crippen LogP contribution in [0, 0.1) is 0 Å². The van der Waals surface area contributed by atoms with Gasteiger partial charge >= 0.3 is 0 Å². The van der Waals surface area contributed by atoms with Gasteiger partial charge in [0.2, 0.25) is 0 Å². The molecule has 0 aliphatic carbocycles. The molecule has 0 radical (unpaired) electrons. The first-order chi connectivity index (χ1) is 8.61. The van der Waals surface area contributed by atoms with E-state index in [9.17, 15) is 0 Å². The molecule has 0 atom stereocenters. The summed E-state index contributed by atoms with van der Waals surface area (Å²) in [5.41, 5.74) is 5.90. The zero-order valence-electron chi connectivity index (χ0n) is 11.3. The van der Waals surface area contributed by atoms with Crippen LogP contribution in [0.15, 0.2) is 37.4 Å². The van der Waals surface area contributed by atoms with Crippen molar-refractivity contribution in [2.45, 2.75) is 13.8 Å². The SMILES string of the molecule is C=Cc1c(/C=C\C)c2cccc(C(=C)C)c2n1C. The van der Waals surface area contributed by atoms with Gasteiger partial charge in [-0.15, -0.1) is 0 Å². The minimum Gasteiger partial charge on any atom is -0.343 e. The molecule has 1 aromatic heterocycles. The maximum atomic E-state index is 4.07. The number of benzene rings is 1. The summed E-state index contributed by atoms with van der Waals surface area (Å²) in [4.78, 5) is 0. The average molecular weight is 237 g/mol. The van der Waals surface area contributed by atoms with Gasteiger partial charge in [-0.25, -0.2) is 0 Å². The van der Waals surface area contributed by atoms with E-state index in [1.54, 1.807) is 0 Å². The summed E-state index contributed by atoms with van der Waals surface area (Å²) < 4.78 is 2.20. The summed E-state index contributed by atoms with van der Waals surface area (Å²) >= 11 is 0. The van der Waals surface area contributed by atoms with E-state index in [1.165, 1.54) is 22.0 Å². The van der Waals surface area contributed by atoms with Crippen molar-refractivity contribution in [3.05, 3.63) is 54.3 Å². The van der Waals surface area contributed by atoms with Crippen molar-refractivity contribution in [3.8, 4) is 0 Å². The number of fused-ring (bicyclic) bond motifs is 1. The van der Waals surface area contributed by atoms with E-state index in [2.05, 4.69) is 55.1 Å². The van der Waals surface area contributed by atoms with Gasteiger partial charge in [0.25, 0.3) is 0 Å². The first kappa shape index (κ1) is 12.4. The fourth-order valence-electron chi connectivity index (χ4n) is 2.49. The molecule has 1 heterocycles. The summed E-state index contributed by atoms with van der Waals surface area (Å²) in [6, 6.07) is 6.37. The van der Waals surface area contributed by atoms with Gasteiger partial charge in [-0.2, -0.15) is 0 Å². The lowest BCUT2D eigenvalue weighted by molar-refractivity contribution is 0.952. The maximum absolute atomic E-state index is 4.07. The monoisotopic (exact) mass is 237 g/mol. The number of aryl methyl sites for hydroxylation is 1. The lowest BCUT2D eigenvalue weighted by Gasteiger charge is -2.06. The van der Waals surface area contributed by atoms with Crippen LogP contribution in [0.1, 0.15) is 30.7 Å². The van der Waals surface area contributed by atoms with E-state index in [-0.39, 0.29) is 0 Å². The summed E-state index contributed by atoms with van der Waals surface area (Å²) in [5.74, 6) is 0. The molecule has 92 valence electrons. The van der Waals surface area contributed by atoms with Crippen molar-refractivity contribution in [2.24, 2.45) is 7.05 Å². The molecule has 1 nitrogen and oxygen atoms in total. The van der Waals surface area contributed by atoms with E-state index in [0.717, 1.165) is 11.3 Å². The Labute approximate surface area is 109 Å². The molecular weight excluding hydrogens is 218 g/mol. The molecule has 0 saturated heterocycles. The number of nitrogens with zero attached hydrogens (tertiary/aromatic N) is 1. The van der Waals surface area contributed by atoms with Crippen LogP contribution in [0.2, 0.25) is 0 Å². The zero-order chi connectivity index (χ0) is 13.3. The van der Waals surface area contributed by atoms with E-state index in [0.29, 0.717) is 0 Å². The molecule has 0 aliphatic heterocycles. The van der Waals surface area contributed by atoms with Crippen LogP contribution in [0.25, 0.3) is 28.6 Å². The molecule has 0 amide bonds. The molecular formula is C17H19N. The van der Waals surface area contributed by atoms with E-state index < -0.39 is 0 Å². The second-order valence-corrected chi connectivity index (χ2v) is 4.54. The third-order valence-corrected chi connectivity index (χ3v) is 3.29. The Hall–Kier alpha value is -2.02. The van der Waals surface area contributed by atoms with Crippen LogP contribution in [0.4, 0.5) is 0 Å². The molecule has 0 spiro atoms. The second-order valence-electron chi connectivity index (χ2n) is 4.54. The first-order valence-corrected chi connectivity index (χ1v) is 6.14. The Morgan fingerprint density at radius 2 is 2.06 bits per heavy atom. The number of allylic oxidation sites excluding steroid dienone is 2. The predicted molar refractivity (Wildman–Crippen MR) is 82.4 cm³/mol. The van der Waals surface area contributed by atoms with Crippen molar-refractivity contribution < 1.29 is 0 Å². The van der Waals surface area contributed by atoms with Crippen LogP contribution in [0.3, 0.4) is 0 Å². The number of hydrogen-bond acceptors (Lipinski definition) is 0. The quantitative estimate of drug-likeness (QED) is 0.716. The van der Waals surface area contributed by atoms with Crippen molar-refractivity contribution in [1.82, 2.24) is 4.57 Å². The number of aromatic nitrogens is 1. The molecule has 0 unspecified atom stereocenters. The highest BCUT2D eigenvalue weighted by Crippen LogP contribution is 2.32. The molecule has 2 rings (SSSR count). The Morgan fingerprint density at radius 1 is 1.33 bits per heavy atom. The lowest BCUT2D eigenvalue weighted by atomic mass is 10.0. The molecule has 0 N–H and O–H groups in total.